The highest BCUT2D eigenvalue weighted by Crippen LogP contribution is 2.24. The Morgan fingerprint density at radius 1 is 1.25 bits per heavy atom. The van der Waals surface area contributed by atoms with Crippen LogP contribution < -0.4 is 0 Å². The summed E-state index contributed by atoms with van der Waals surface area (Å²) in [5.41, 5.74) is 2.11. The normalized spacial score (nSPS) is 11.1. The quantitative estimate of drug-likeness (QED) is 0.757. The summed E-state index contributed by atoms with van der Waals surface area (Å²) >= 11 is 6.05. The van der Waals surface area contributed by atoms with Crippen LogP contribution in [0.4, 0.5) is 8.78 Å². The molecule has 2 aromatic carbocycles. The Morgan fingerprint density at radius 2 is 2.04 bits per heavy atom. The van der Waals surface area contributed by atoms with Crippen molar-refractivity contribution in [2.75, 3.05) is 0 Å². The van der Waals surface area contributed by atoms with Crippen LogP contribution in [0.5, 0.6) is 0 Å². The number of hydrogen-bond acceptors (Lipinski definition) is 2. The molecule has 1 aromatic heterocycles. The van der Waals surface area contributed by atoms with E-state index in [1.165, 1.54) is 12.1 Å². The van der Waals surface area contributed by atoms with Gasteiger partial charge in [0.15, 0.2) is 0 Å². The van der Waals surface area contributed by atoms with Gasteiger partial charge in [0.2, 0.25) is 0 Å². The fourth-order valence-corrected chi connectivity index (χ4v) is 2.80. The Balaban J connectivity index is 2.09. The van der Waals surface area contributed by atoms with Gasteiger partial charge in [-0.3, -0.25) is 9.48 Å². The minimum Gasteiger partial charge on any atom is -0.481 e. The number of carboxylic acids is 1. The molecule has 3 rings (SSSR count). The molecule has 3 aromatic rings. The molecule has 0 unspecified atom stereocenters. The van der Waals surface area contributed by atoms with Gasteiger partial charge in [-0.2, -0.15) is 5.10 Å². The van der Waals surface area contributed by atoms with Crippen LogP contribution >= 0.6 is 11.6 Å². The second-order valence-electron chi connectivity index (χ2n) is 5.40. The number of carbonyl (C=O) groups is 1. The molecule has 0 bridgehead atoms. The average molecular weight is 351 g/mol. The molecule has 124 valence electrons. The summed E-state index contributed by atoms with van der Waals surface area (Å²) in [5, 5.41) is 14.2. The van der Waals surface area contributed by atoms with E-state index in [4.69, 9.17) is 16.7 Å². The minimum atomic E-state index is -1.00. The lowest BCUT2D eigenvalue weighted by atomic mass is 10.1. The molecular weight excluding hydrogens is 338 g/mol. The van der Waals surface area contributed by atoms with E-state index in [1.54, 1.807) is 28.9 Å². The number of benzene rings is 2. The number of rotatable bonds is 5. The predicted octanol–water partition coefficient (Wildman–Crippen LogP) is 3.97. The molecule has 24 heavy (non-hydrogen) atoms. The lowest BCUT2D eigenvalue weighted by Gasteiger charge is -2.07. The third kappa shape index (κ3) is 3.23. The van der Waals surface area contributed by atoms with Crippen LogP contribution in [-0.2, 0) is 24.4 Å². The maximum atomic E-state index is 13.2. The van der Waals surface area contributed by atoms with Crippen LogP contribution in [0.15, 0.2) is 36.4 Å². The van der Waals surface area contributed by atoms with Crippen LogP contribution in [0.3, 0.4) is 0 Å². The topological polar surface area (TPSA) is 55.1 Å². The Hall–Kier alpha value is -2.47. The zero-order chi connectivity index (χ0) is 17.3. The molecule has 4 nitrogen and oxygen atoms in total. The Morgan fingerprint density at radius 3 is 2.71 bits per heavy atom. The smallest absolute Gasteiger partial charge is 0.309 e. The van der Waals surface area contributed by atoms with E-state index >= 15 is 0 Å². The molecule has 1 N–H and O–H groups in total. The largest absolute Gasteiger partial charge is 0.481 e. The van der Waals surface area contributed by atoms with Gasteiger partial charge in [0.25, 0.3) is 0 Å². The van der Waals surface area contributed by atoms with Crippen LogP contribution in [0, 0.1) is 5.82 Å². The highest BCUT2D eigenvalue weighted by atomic mass is 35.5. The average Bonchev–Trinajstić information content (AvgIpc) is 2.86. The van der Waals surface area contributed by atoms with Crippen molar-refractivity contribution in [1.29, 1.82) is 0 Å². The lowest BCUT2D eigenvalue weighted by molar-refractivity contribution is -0.136. The van der Waals surface area contributed by atoms with Crippen molar-refractivity contribution in [1.82, 2.24) is 9.78 Å². The molecule has 0 amide bonds. The molecule has 0 radical (unpaired) electrons. The van der Waals surface area contributed by atoms with Crippen molar-refractivity contribution < 1.29 is 18.7 Å². The summed E-state index contributed by atoms with van der Waals surface area (Å²) in [6.07, 6.45) is -0.240. The monoisotopic (exact) mass is 350 g/mol. The number of hydrogen-bond donors (Lipinski definition) is 1. The second kappa shape index (κ2) is 6.57. The molecule has 0 spiro atoms. The van der Waals surface area contributed by atoms with Gasteiger partial charge >= 0.3 is 5.97 Å². The highest BCUT2D eigenvalue weighted by Gasteiger charge is 2.15. The van der Waals surface area contributed by atoms with E-state index in [-0.39, 0.29) is 18.0 Å². The maximum absolute atomic E-state index is 13.2. The number of fused-ring (bicyclic) bond motifs is 1. The van der Waals surface area contributed by atoms with Gasteiger partial charge in [0.05, 0.1) is 24.2 Å². The number of carboxylic acid groups (broad SMARTS) is 1. The molecule has 0 aliphatic heterocycles. The summed E-state index contributed by atoms with van der Waals surface area (Å²) < 4.78 is 27.7. The standard InChI is InChI=1S/C17H13ClF2N2O2/c18-14-6-12(20)3-2-11(14)9-22-16-5-10(8-19)1-4-13(16)15(21-22)7-17(23)24/h1-6H,7-9H2,(H,23,24). The number of alkyl halides is 1. The molecule has 0 atom stereocenters. The van der Waals surface area contributed by atoms with Crippen molar-refractivity contribution in [2.45, 2.75) is 19.6 Å². The van der Waals surface area contributed by atoms with E-state index in [9.17, 15) is 13.6 Å². The minimum absolute atomic E-state index is 0.227. The predicted molar refractivity (Wildman–Crippen MR) is 86.4 cm³/mol. The van der Waals surface area contributed by atoms with Crippen molar-refractivity contribution >= 4 is 28.5 Å². The van der Waals surface area contributed by atoms with E-state index in [0.717, 1.165) is 0 Å². The van der Waals surface area contributed by atoms with Gasteiger partial charge in [-0.25, -0.2) is 8.78 Å². The molecule has 0 aliphatic rings. The first kappa shape index (κ1) is 16.4. The van der Waals surface area contributed by atoms with Crippen LogP contribution in [0.2, 0.25) is 5.02 Å². The molecule has 0 fully saturated rings. The van der Waals surface area contributed by atoms with Gasteiger partial charge in [0, 0.05) is 10.4 Å². The summed E-state index contributed by atoms with van der Waals surface area (Å²) in [7, 11) is 0. The number of nitrogens with zero attached hydrogens (tertiary/aromatic N) is 2. The number of aliphatic carboxylic acids is 1. The van der Waals surface area contributed by atoms with Crippen LogP contribution in [0.25, 0.3) is 10.9 Å². The molecule has 1 heterocycles. The Bertz CT molecular complexity index is 924. The summed E-state index contributed by atoms with van der Waals surface area (Å²) in [4.78, 5) is 11.0. The van der Waals surface area contributed by atoms with E-state index in [2.05, 4.69) is 5.10 Å². The molecule has 0 aliphatic carbocycles. The Labute approximate surface area is 141 Å². The zero-order valence-electron chi connectivity index (χ0n) is 12.5. The first-order valence-electron chi connectivity index (χ1n) is 7.18. The summed E-state index contributed by atoms with van der Waals surface area (Å²) in [5.74, 6) is -1.45. The van der Waals surface area contributed by atoms with Gasteiger partial charge < -0.3 is 5.11 Å². The zero-order valence-corrected chi connectivity index (χ0v) is 13.2. The lowest BCUT2D eigenvalue weighted by Crippen LogP contribution is -2.05. The van der Waals surface area contributed by atoms with E-state index < -0.39 is 18.5 Å². The highest BCUT2D eigenvalue weighted by molar-refractivity contribution is 6.31. The van der Waals surface area contributed by atoms with Gasteiger partial charge in [-0.05, 0) is 29.3 Å². The molecular formula is C17H13ClF2N2O2. The first-order valence-corrected chi connectivity index (χ1v) is 7.55. The fraction of sp³-hybridized carbons (Fsp3) is 0.176. The molecule has 0 saturated heterocycles. The maximum Gasteiger partial charge on any atom is 0.309 e. The van der Waals surface area contributed by atoms with Gasteiger partial charge in [0.1, 0.15) is 12.5 Å². The van der Waals surface area contributed by atoms with Crippen molar-refractivity contribution in [2.24, 2.45) is 0 Å². The van der Waals surface area contributed by atoms with Crippen molar-refractivity contribution in [3.05, 3.63) is 64.1 Å². The van der Waals surface area contributed by atoms with E-state index in [1.807, 2.05) is 0 Å². The number of aromatic nitrogens is 2. The first-order chi connectivity index (χ1) is 11.5. The SMILES string of the molecule is O=C(O)Cc1nn(Cc2ccc(F)cc2Cl)c2cc(CF)ccc12. The summed E-state index contributed by atoms with van der Waals surface area (Å²) in [6.45, 7) is -0.405. The molecule has 0 saturated carbocycles. The molecule has 7 heteroatoms. The van der Waals surface area contributed by atoms with Gasteiger partial charge in [-0.15, -0.1) is 0 Å². The van der Waals surface area contributed by atoms with E-state index in [0.29, 0.717) is 27.7 Å². The fourth-order valence-electron chi connectivity index (χ4n) is 2.58. The third-order valence-corrected chi connectivity index (χ3v) is 4.05. The third-order valence-electron chi connectivity index (χ3n) is 3.70. The van der Waals surface area contributed by atoms with Gasteiger partial charge in [-0.1, -0.05) is 29.8 Å². The number of halogens is 3. The van der Waals surface area contributed by atoms with Crippen molar-refractivity contribution in [3.8, 4) is 0 Å². The summed E-state index contributed by atoms with van der Waals surface area (Å²) in [6, 6.07) is 8.93. The van der Waals surface area contributed by atoms with Crippen molar-refractivity contribution in [3.63, 3.8) is 0 Å². The van der Waals surface area contributed by atoms with Crippen LogP contribution in [-0.4, -0.2) is 20.9 Å². The second-order valence-corrected chi connectivity index (χ2v) is 5.80. The Kier molecular flexibility index (Phi) is 4.49. The van der Waals surface area contributed by atoms with Crippen LogP contribution in [0.1, 0.15) is 16.8 Å².